The van der Waals surface area contributed by atoms with Gasteiger partial charge in [0.05, 0.1) is 28.9 Å². The van der Waals surface area contributed by atoms with Crippen molar-refractivity contribution in [2.24, 2.45) is 0 Å². The lowest BCUT2D eigenvalue weighted by molar-refractivity contribution is 0.0697. The Morgan fingerprint density at radius 1 is 0.951 bits per heavy atom. The van der Waals surface area contributed by atoms with E-state index in [9.17, 15) is 9.90 Å². The molecule has 10 heteroatoms. The largest absolute Gasteiger partial charge is 0.478 e. The molecule has 0 aliphatic heterocycles. The number of aromatic nitrogens is 4. The molecule has 0 aliphatic carbocycles. The fourth-order valence-corrected chi connectivity index (χ4v) is 4.63. The number of fused-ring (bicyclic) bond motifs is 1. The van der Waals surface area contributed by atoms with Crippen molar-refractivity contribution < 1.29 is 28.2 Å². The molecule has 0 atom stereocenters. The summed E-state index contributed by atoms with van der Waals surface area (Å²) in [6.07, 6.45) is -0.00958. The molecule has 3 heterocycles. The van der Waals surface area contributed by atoms with E-state index in [0.29, 0.717) is 30.0 Å². The highest BCUT2D eigenvalue weighted by Gasteiger charge is 2.18. The van der Waals surface area contributed by atoms with Gasteiger partial charge in [0.2, 0.25) is 5.88 Å². The number of hydrogen-bond acceptors (Lipinski definition) is 6. The Balaban J connectivity index is 1.41. The first-order valence-electron chi connectivity index (χ1n) is 13.0. The summed E-state index contributed by atoms with van der Waals surface area (Å²) in [6.45, 7) is 4.74. The van der Waals surface area contributed by atoms with E-state index in [1.54, 1.807) is 35.9 Å². The van der Waals surface area contributed by atoms with E-state index < -0.39 is 17.6 Å². The van der Waals surface area contributed by atoms with E-state index in [1.165, 1.54) is 12.1 Å². The van der Waals surface area contributed by atoms with Gasteiger partial charge in [-0.3, -0.25) is 4.98 Å². The van der Waals surface area contributed by atoms with Gasteiger partial charge in [-0.25, -0.2) is 23.5 Å². The van der Waals surface area contributed by atoms with Crippen molar-refractivity contribution in [2.75, 3.05) is 13.7 Å². The van der Waals surface area contributed by atoms with Crippen LogP contribution in [0.1, 0.15) is 38.7 Å². The van der Waals surface area contributed by atoms with Gasteiger partial charge < -0.3 is 19.1 Å². The number of aromatic carboxylic acids is 1. The van der Waals surface area contributed by atoms with Crippen molar-refractivity contribution in [3.05, 3.63) is 106 Å². The van der Waals surface area contributed by atoms with Crippen LogP contribution in [0, 0.1) is 25.5 Å². The second-order valence-corrected chi connectivity index (χ2v) is 9.63. The quantitative estimate of drug-likeness (QED) is 0.228. The van der Waals surface area contributed by atoms with E-state index in [0.717, 1.165) is 29.1 Å². The molecular formula is C31H28F2N4O4. The average molecular weight is 559 g/mol. The monoisotopic (exact) mass is 558 g/mol. The van der Waals surface area contributed by atoms with Crippen LogP contribution in [0.15, 0.2) is 60.7 Å². The van der Waals surface area contributed by atoms with Gasteiger partial charge in [0, 0.05) is 48.7 Å². The third-order valence-electron chi connectivity index (χ3n) is 6.79. The molecule has 0 saturated heterocycles. The number of benzene rings is 2. The van der Waals surface area contributed by atoms with Crippen molar-refractivity contribution in [3.63, 3.8) is 0 Å². The van der Waals surface area contributed by atoms with Crippen LogP contribution in [-0.4, -0.2) is 44.3 Å². The number of rotatable bonds is 10. The number of imidazole rings is 1. The maximum Gasteiger partial charge on any atom is 0.335 e. The number of carbonyl (C=O) groups is 1. The third kappa shape index (κ3) is 6.07. The average Bonchev–Trinajstić information content (AvgIpc) is 3.29. The predicted molar refractivity (Wildman–Crippen MR) is 149 cm³/mol. The van der Waals surface area contributed by atoms with Gasteiger partial charge in [0.1, 0.15) is 24.1 Å². The number of halogens is 2. The van der Waals surface area contributed by atoms with Gasteiger partial charge >= 0.3 is 5.97 Å². The predicted octanol–water partition coefficient (Wildman–Crippen LogP) is 5.90. The Kier molecular flexibility index (Phi) is 8.02. The second kappa shape index (κ2) is 11.8. The van der Waals surface area contributed by atoms with E-state index in [2.05, 4.69) is 15.0 Å². The summed E-state index contributed by atoms with van der Waals surface area (Å²) in [5.74, 6) is -1.59. The first-order valence-corrected chi connectivity index (χ1v) is 13.0. The molecule has 210 valence electrons. The molecule has 0 amide bonds. The number of ether oxygens (including phenoxy) is 2. The second-order valence-electron chi connectivity index (χ2n) is 9.63. The van der Waals surface area contributed by atoms with Crippen LogP contribution in [0.3, 0.4) is 0 Å². The summed E-state index contributed by atoms with van der Waals surface area (Å²) in [7, 11) is 1.55. The lowest BCUT2D eigenvalue weighted by atomic mass is 10.0. The zero-order valence-electron chi connectivity index (χ0n) is 22.8. The van der Waals surface area contributed by atoms with Gasteiger partial charge in [-0.15, -0.1) is 0 Å². The number of nitrogens with zero attached hydrogens (tertiary/aromatic N) is 4. The molecule has 3 aromatic heterocycles. The zero-order valence-corrected chi connectivity index (χ0v) is 22.8. The normalized spacial score (nSPS) is 11.2. The van der Waals surface area contributed by atoms with Crippen LogP contribution < -0.4 is 4.74 Å². The van der Waals surface area contributed by atoms with Crippen LogP contribution in [0.2, 0.25) is 0 Å². The Labute approximate surface area is 235 Å². The number of aryl methyl sites for hydroxylation is 2. The fourth-order valence-electron chi connectivity index (χ4n) is 4.63. The molecule has 0 spiro atoms. The molecule has 0 saturated carbocycles. The third-order valence-corrected chi connectivity index (χ3v) is 6.79. The van der Waals surface area contributed by atoms with Crippen LogP contribution in [-0.2, 0) is 24.3 Å². The summed E-state index contributed by atoms with van der Waals surface area (Å²) < 4.78 is 43.5. The summed E-state index contributed by atoms with van der Waals surface area (Å²) in [5.41, 5.74) is 4.24. The lowest BCUT2D eigenvalue weighted by Gasteiger charge is -2.12. The molecule has 1 N–H and O–H groups in total. The Bertz CT molecular complexity index is 1750. The summed E-state index contributed by atoms with van der Waals surface area (Å²) in [5, 5.41) is 9.40. The van der Waals surface area contributed by atoms with Crippen LogP contribution in [0.5, 0.6) is 5.88 Å². The number of carboxylic acid groups (broad SMARTS) is 1. The highest BCUT2D eigenvalue weighted by Crippen LogP contribution is 2.28. The Morgan fingerprint density at radius 3 is 2.54 bits per heavy atom. The molecule has 0 unspecified atom stereocenters. The minimum atomic E-state index is -1.07. The standard InChI is InChI=1S/C31H28F2N4O4/c1-18-7-8-21(19(2)34-18)17-41-30-6-4-5-26(36-30)23-16-24(32)22(13-25(23)33)15-29-35-27-10-9-20(31(38)39)14-28(27)37(29)11-12-40-3/h4-10,13-14,16H,11-12,15,17H2,1-3H3,(H,38,39). The Hall–Kier alpha value is -4.70. The first-order chi connectivity index (χ1) is 19.7. The molecule has 8 nitrogen and oxygen atoms in total. The van der Waals surface area contributed by atoms with E-state index in [-0.39, 0.29) is 41.3 Å². The smallest absolute Gasteiger partial charge is 0.335 e. The van der Waals surface area contributed by atoms with Crippen LogP contribution >= 0.6 is 0 Å². The van der Waals surface area contributed by atoms with E-state index in [4.69, 9.17) is 9.47 Å². The minimum absolute atomic E-state index is 0.00358. The molecule has 2 aromatic carbocycles. The van der Waals surface area contributed by atoms with Crippen molar-refractivity contribution in [1.29, 1.82) is 0 Å². The van der Waals surface area contributed by atoms with Crippen LogP contribution in [0.4, 0.5) is 8.78 Å². The van der Waals surface area contributed by atoms with Gasteiger partial charge in [-0.2, -0.15) is 0 Å². The summed E-state index contributed by atoms with van der Waals surface area (Å²) in [6, 6.07) is 15.6. The zero-order chi connectivity index (χ0) is 29.1. The van der Waals surface area contributed by atoms with Crippen molar-refractivity contribution in [2.45, 2.75) is 33.4 Å². The maximum absolute atomic E-state index is 15.4. The lowest BCUT2D eigenvalue weighted by Crippen LogP contribution is -2.10. The van der Waals surface area contributed by atoms with Gasteiger partial charge in [-0.05, 0) is 61.9 Å². The highest BCUT2D eigenvalue weighted by molar-refractivity contribution is 5.92. The fraction of sp³-hybridized carbons (Fsp3) is 0.226. The number of pyridine rings is 2. The van der Waals surface area contributed by atoms with Crippen LogP contribution in [0.25, 0.3) is 22.3 Å². The van der Waals surface area contributed by atoms with E-state index >= 15 is 8.78 Å². The Morgan fingerprint density at radius 2 is 1.78 bits per heavy atom. The summed E-state index contributed by atoms with van der Waals surface area (Å²) in [4.78, 5) is 24.9. The molecule has 0 radical (unpaired) electrons. The van der Waals surface area contributed by atoms with Crippen molar-refractivity contribution in [3.8, 4) is 17.1 Å². The SMILES string of the molecule is COCCn1c(Cc2cc(F)c(-c3cccc(OCc4ccc(C)nc4C)n3)cc2F)nc2ccc(C(=O)O)cc21. The molecule has 0 fully saturated rings. The van der Waals surface area contributed by atoms with Crippen molar-refractivity contribution >= 4 is 17.0 Å². The molecule has 5 rings (SSSR count). The van der Waals surface area contributed by atoms with Gasteiger partial charge in [0.15, 0.2) is 0 Å². The maximum atomic E-state index is 15.4. The molecular weight excluding hydrogens is 530 g/mol. The van der Waals surface area contributed by atoms with Crippen molar-refractivity contribution in [1.82, 2.24) is 19.5 Å². The highest BCUT2D eigenvalue weighted by atomic mass is 19.1. The molecule has 41 heavy (non-hydrogen) atoms. The first kappa shape index (κ1) is 27.9. The number of carboxylic acids is 1. The van der Waals surface area contributed by atoms with Gasteiger partial charge in [0.25, 0.3) is 0 Å². The number of methoxy groups -OCH3 is 1. The molecule has 5 aromatic rings. The topological polar surface area (TPSA) is 99.4 Å². The minimum Gasteiger partial charge on any atom is -0.478 e. The molecule has 0 aliphatic rings. The van der Waals surface area contributed by atoms with Gasteiger partial charge in [-0.1, -0.05) is 12.1 Å². The van der Waals surface area contributed by atoms with E-state index in [1.807, 2.05) is 26.0 Å². The molecule has 0 bridgehead atoms. The number of hydrogen-bond donors (Lipinski definition) is 1. The summed E-state index contributed by atoms with van der Waals surface area (Å²) >= 11 is 0.